The molecule has 0 spiro atoms. The molecule has 27 heavy (non-hydrogen) atoms. The van der Waals surface area contributed by atoms with Crippen LogP contribution in [0.4, 0.5) is 0 Å². The summed E-state index contributed by atoms with van der Waals surface area (Å²) < 4.78 is 0.432. The van der Waals surface area contributed by atoms with Crippen LogP contribution in [-0.4, -0.2) is 20.2 Å². The molecule has 0 saturated heterocycles. The number of rotatable bonds is 2. The summed E-state index contributed by atoms with van der Waals surface area (Å²) >= 11 is 1.22. The third kappa shape index (κ3) is 2.48. The second kappa shape index (κ2) is 6.00. The lowest BCUT2D eigenvalue weighted by Gasteiger charge is -2.10. The van der Waals surface area contributed by atoms with Crippen molar-refractivity contribution in [2.24, 2.45) is 0 Å². The van der Waals surface area contributed by atoms with E-state index in [1.54, 1.807) is 0 Å². The maximum Gasteiger partial charge on any atom is 0.326 e. The summed E-state index contributed by atoms with van der Waals surface area (Å²) in [6.45, 7) is 0. The maximum atomic E-state index is 12.3. The smallest absolute Gasteiger partial charge is 0.305 e. The van der Waals surface area contributed by atoms with Gasteiger partial charge in [0.25, 0.3) is 5.56 Å². The monoisotopic (exact) mass is 372 g/mol. The minimum absolute atomic E-state index is 0.419. The van der Waals surface area contributed by atoms with Crippen LogP contribution in [0.2, 0.25) is 0 Å². The zero-order valence-corrected chi connectivity index (χ0v) is 14.7. The number of fused-ring (bicyclic) bond motifs is 3. The number of nitrogens with one attached hydrogen (secondary N) is 2. The first-order valence-electron chi connectivity index (χ1n) is 8.29. The Morgan fingerprint density at radius 2 is 1.44 bits per heavy atom. The van der Waals surface area contributed by atoms with Crippen LogP contribution < -0.4 is 11.2 Å². The average Bonchev–Trinajstić information content (AvgIpc) is 3.08. The van der Waals surface area contributed by atoms with Crippen molar-refractivity contribution in [2.75, 3.05) is 0 Å². The van der Waals surface area contributed by atoms with Crippen LogP contribution in [0.25, 0.3) is 42.8 Å². The largest absolute Gasteiger partial charge is 0.326 e. The molecular formula is C20H12N4O2S. The number of thiophene rings is 1. The summed E-state index contributed by atoms with van der Waals surface area (Å²) in [5, 5.41) is 9.54. The lowest BCUT2D eigenvalue weighted by Crippen LogP contribution is -2.20. The first kappa shape index (κ1) is 15.7. The number of aromatic nitrogens is 4. The van der Waals surface area contributed by atoms with E-state index in [2.05, 4.69) is 20.2 Å². The minimum Gasteiger partial charge on any atom is -0.305 e. The molecule has 2 N–H and O–H groups in total. The molecule has 3 heterocycles. The number of hydrogen-bond acceptors (Lipinski definition) is 5. The summed E-state index contributed by atoms with van der Waals surface area (Å²) in [5.74, 6) is 0. The fraction of sp³-hybridized carbons (Fsp3) is 0. The molecule has 0 aliphatic rings. The van der Waals surface area contributed by atoms with Gasteiger partial charge in [-0.2, -0.15) is 0 Å². The highest BCUT2D eigenvalue weighted by atomic mass is 32.1. The van der Waals surface area contributed by atoms with Gasteiger partial charge in [0.2, 0.25) is 0 Å². The number of nitrogens with zero attached hydrogens (tertiary/aromatic N) is 2. The molecule has 0 aliphatic carbocycles. The quantitative estimate of drug-likeness (QED) is 0.496. The highest BCUT2D eigenvalue weighted by Crippen LogP contribution is 2.40. The number of H-pyrrole nitrogens is 2. The molecule has 0 radical (unpaired) electrons. The van der Waals surface area contributed by atoms with Gasteiger partial charge in [-0.15, -0.1) is 21.5 Å². The van der Waals surface area contributed by atoms with Crippen LogP contribution >= 0.6 is 11.3 Å². The molecule has 2 aromatic carbocycles. The Hall–Kier alpha value is -3.58. The van der Waals surface area contributed by atoms with E-state index in [4.69, 9.17) is 0 Å². The molecule has 5 aromatic rings. The molecule has 130 valence electrons. The zero-order valence-electron chi connectivity index (χ0n) is 13.9. The fourth-order valence-corrected chi connectivity index (χ4v) is 4.23. The molecule has 0 atom stereocenters. The lowest BCUT2D eigenvalue weighted by molar-refractivity contribution is 1.08. The number of aromatic amines is 2. The van der Waals surface area contributed by atoms with E-state index in [0.29, 0.717) is 20.7 Å². The molecule has 0 fully saturated rings. The maximum absolute atomic E-state index is 12.3. The Bertz CT molecular complexity index is 1400. The molecule has 0 aliphatic heterocycles. The average molecular weight is 372 g/mol. The van der Waals surface area contributed by atoms with Gasteiger partial charge in [0.15, 0.2) is 0 Å². The van der Waals surface area contributed by atoms with E-state index in [1.165, 1.54) is 11.3 Å². The van der Waals surface area contributed by atoms with Crippen molar-refractivity contribution in [3.63, 3.8) is 0 Å². The Kier molecular flexibility index (Phi) is 3.48. The predicted octanol–water partition coefficient (Wildman–Crippen LogP) is 3.56. The number of benzene rings is 2. The third-order valence-electron chi connectivity index (χ3n) is 4.40. The molecule has 0 amide bonds. The van der Waals surface area contributed by atoms with Crippen molar-refractivity contribution in [1.29, 1.82) is 0 Å². The SMILES string of the molecule is O=c1[nH]c(=O)c2sc3nnc(-c4ccccc4)c(-c4ccccc4)c3c2[nH]1. The third-order valence-corrected chi connectivity index (χ3v) is 5.47. The lowest BCUT2D eigenvalue weighted by atomic mass is 9.97. The number of hydrogen-bond donors (Lipinski definition) is 2. The van der Waals surface area contributed by atoms with Gasteiger partial charge in [0, 0.05) is 16.5 Å². The molecule has 0 bridgehead atoms. The van der Waals surface area contributed by atoms with E-state index in [-0.39, 0.29) is 0 Å². The zero-order chi connectivity index (χ0) is 18.4. The van der Waals surface area contributed by atoms with Crippen LogP contribution in [0.1, 0.15) is 0 Å². The Balaban J connectivity index is 2.02. The topological polar surface area (TPSA) is 91.5 Å². The van der Waals surface area contributed by atoms with Gasteiger partial charge in [-0.25, -0.2) is 4.79 Å². The Morgan fingerprint density at radius 3 is 2.15 bits per heavy atom. The van der Waals surface area contributed by atoms with Gasteiger partial charge >= 0.3 is 5.69 Å². The Labute approximate surface area is 156 Å². The Morgan fingerprint density at radius 1 is 0.778 bits per heavy atom. The summed E-state index contributed by atoms with van der Waals surface area (Å²) in [7, 11) is 0. The standard InChI is InChI=1S/C20H12N4O2S/c25-18-17-16(21-20(26)22-18)14-13(11-7-3-1-4-8-11)15(23-24-19(14)27-17)12-9-5-2-6-10-12/h1-10H,(H2,21,22,25,26). The van der Waals surface area contributed by atoms with Crippen molar-refractivity contribution in [1.82, 2.24) is 20.2 Å². The van der Waals surface area contributed by atoms with E-state index in [9.17, 15) is 9.59 Å². The second-order valence-electron chi connectivity index (χ2n) is 6.05. The summed E-state index contributed by atoms with van der Waals surface area (Å²) in [6, 6.07) is 19.5. The van der Waals surface area contributed by atoms with Gasteiger partial charge in [-0.3, -0.25) is 9.78 Å². The molecule has 3 aromatic heterocycles. The van der Waals surface area contributed by atoms with Crippen LogP contribution in [0.15, 0.2) is 70.3 Å². The van der Waals surface area contributed by atoms with Crippen molar-refractivity contribution in [2.45, 2.75) is 0 Å². The first-order chi connectivity index (χ1) is 13.2. The van der Waals surface area contributed by atoms with Crippen molar-refractivity contribution < 1.29 is 0 Å². The van der Waals surface area contributed by atoms with Crippen molar-refractivity contribution >= 4 is 31.8 Å². The summed E-state index contributed by atoms with van der Waals surface area (Å²) in [6.07, 6.45) is 0. The normalized spacial score (nSPS) is 11.3. The minimum atomic E-state index is -0.538. The second-order valence-corrected chi connectivity index (χ2v) is 7.05. The van der Waals surface area contributed by atoms with Gasteiger partial charge < -0.3 is 4.98 Å². The molecular weight excluding hydrogens is 360 g/mol. The first-order valence-corrected chi connectivity index (χ1v) is 9.10. The highest BCUT2D eigenvalue weighted by molar-refractivity contribution is 7.25. The molecule has 7 heteroatoms. The van der Waals surface area contributed by atoms with Gasteiger partial charge in [-0.1, -0.05) is 60.7 Å². The van der Waals surface area contributed by atoms with E-state index in [1.807, 2.05) is 60.7 Å². The summed E-state index contributed by atoms with van der Waals surface area (Å²) in [5.41, 5.74) is 2.94. The van der Waals surface area contributed by atoms with Gasteiger partial charge in [-0.05, 0) is 5.56 Å². The van der Waals surface area contributed by atoms with Crippen LogP contribution in [0.3, 0.4) is 0 Å². The van der Waals surface area contributed by atoms with E-state index in [0.717, 1.165) is 22.1 Å². The van der Waals surface area contributed by atoms with Crippen molar-refractivity contribution in [3.05, 3.63) is 81.5 Å². The fourth-order valence-electron chi connectivity index (χ4n) is 3.25. The van der Waals surface area contributed by atoms with Crippen LogP contribution in [-0.2, 0) is 0 Å². The summed E-state index contributed by atoms with van der Waals surface area (Å²) in [4.78, 5) is 29.8. The highest BCUT2D eigenvalue weighted by Gasteiger charge is 2.20. The molecule has 0 unspecified atom stereocenters. The van der Waals surface area contributed by atoms with Gasteiger partial charge in [0.05, 0.1) is 5.52 Å². The van der Waals surface area contributed by atoms with Crippen LogP contribution in [0.5, 0.6) is 0 Å². The van der Waals surface area contributed by atoms with Gasteiger partial charge in [0.1, 0.15) is 15.2 Å². The van der Waals surface area contributed by atoms with E-state index < -0.39 is 11.2 Å². The van der Waals surface area contributed by atoms with Crippen molar-refractivity contribution in [3.8, 4) is 22.4 Å². The predicted molar refractivity (Wildman–Crippen MR) is 107 cm³/mol. The molecule has 0 saturated carbocycles. The molecule has 5 rings (SSSR count). The van der Waals surface area contributed by atoms with E-state index >= 15 is 0 Å². The molecule has 6 nitrogen and oxygen atoms in total. The van der Waals surface area contributed by atoms with Crippen LogP contribution in [0, 0.1) is 0 Å².